The number of hydrogen-bond acceptors (Lipinski definition) is 6. The SMILES string of the molecule is C=CC(=O)OCCC(=O)[O-].C=CC(=O)[O-].[Mg+2]. The van der Waals surface area contributed by atoms with E-state index in [0.717, 1.165) is 12.2 Å². The van der Waals surface area contributed by atoms with Crippen molar-refractivity contribution in [3.63, 3.8) is 0 Å². The van der Waals surface area contributed by atoms with E-state index < -0.39 is 17.9 Å². The van der Waals surface area contributed by atoms with Gasteiger partial charge in [-0.15, -0.1) is 0 Å². The number of ether oxygens (including phenoxy) is 1. The van der Waals surface area contributed by atoms with E-state index in [1.807, 2.05) is 0 Å². The maximum atomic E-state index is 10.2. The molecule has 0 fully saturated rings. The topological polar surface area (TPSA) is 107 Å². The summed E-state index contributed by atoms with van der Waals surface area (Å²) in [7, 11) is 0. The van der Waals surface area contributed by atoms with Gasteiger partial charge in [0, 0.05) is 18.5 Å². The maximum absolute atomic E-state index is 10.2. The van der Waals surface area contributed by atoms with Crippen LogP contribution in [0.3, 0.4) is 0 Å². The Morgan fingerprint density at radius 2 is 1.56 bits per heavy atom. The zero-order chi connectivity index (χ0) is 12.3. The standard InChI is InChI=1S/C6H8O4.C3H4O2.Mg/c1-2-6(9)10-4-3-5(7)8;1-2-3(4)5;/h2H,1,3-4H2,(H,7,8);2H,1H2,(H,4,5);/q;;+2/p-2. The molecular formula is C9H10MgO6. The molecule has 0 unspecified atom stereocenters. The van der Waals surface area contributed by atoms with E-state index in [2.05, 4.69) is 17.9 Å². The molecule has 0 saturated heterocycles. The van der Waals surface area contributed by atoms with Crippen LogP contribution in [0.15, 0.2) is 25.3 Å². The molecule has 7 heteroatoms. The zero-order valence-corrected chi connectivity index (χ0v) is 10.1. The van der Waals surface area contributed by atoms with Gasteiger partial charge in [-0.1, -0.05) is 13.2 Å². The first-order valence-corrected chi connectivity index (χ1v) is 3.76. The molecule has 0 atom stereocenters. The second-order valence-corrected chi connectivity index (χ2v) is 2.02. The molecule has 6 nitrogen and oxygen atoms in total. The Morgan fingerprint density at radius 3 is 1.81 bits per heavy atom. The number of carbonyl (C=O) groups is 3. The monoisotopic (exact) mass is 238 g/mol. The van der Waals surface area contributed by atoms with Gasteiger partial charge in [-0.3, -0.25) is 0 Å². The molecule has 0 heterocycles. The van der Waals surface area contributed by atoms with Crippen LogP contribution in [-0.2, 0) is 19.1 Å². The van der Waals surface area contributed by atoms with Crippen molar-refractivity contribution in [2.24, 2.45) is 0 Å². The van der Waals surface area contributed by atoms with Crippen molar-refractivity contribution in [2.75, 3.05) is 6.61 Å². The third kappa shape index (κ3) is 22.9. The molecule has 0 aliphatic rings. The van der Waals surface area contributed by atoms with Gasteiger partial charge in [-0.2, -0.15) is 0 Å². The van der Waals surface area contributed by atoms with Crippen LogP contribution in [-0.4, -0.2) is 47.6 Å². The number of hydrogen-bond donors (Lipinski definition) is 0. The minimum Gasteiger partial charge on any atom is -0.550 e. The molecule has 0 aromatic heterocycles. The summed E-state index contributed by atoms with van der Waals surface area (Å²) in [6.45, 7) is 5.86. The largest absolute Gasteiger partial charge is 2.00 e. The van der Waals surface area contributed by atoms with Gasteiger partial charge in [0.1, 0.15) is 0 Å². The fourth-order valence-corrected chi connectivity index (χ4v) is 0.294. The van der Waals surface area contributed by atoms with Crippen LogP contribution in [0, 0.1) is 0 Å². The van der Waals surface area contributed by atoms with Crippen LogP contribution in [0.2, 0.25) is 0 Å². The molecule has 0 rings (SSSR count). The number of carbonyl (C=O) groups excluding carboxylic acids is 3. The van der Waals surface area contributed by atoms with E-state index in [4.69, 9.17) is 9.90 Å². The molecule has 0 aliphatic heterocycles. The number of aliphatic carboxylic acids is 2. The van der Waals surface area contributed by atoms with Crippen molar-refractivity contribution < 1.29 is 29.3 Å². The Kier molecular flexibility index (Phi) is 17.2. The second kappa shape index (κ2) is 13.7. The molecule has 0 aliphatic carbocycles. The quantitative estimate of drug-likeness (QED) is 0.295. The molecule has 0 N–H and O–H groups in total. The average Bonchev–Trinajstić information content (AvgIpc) is 2.17. The van der Waals surface area contributed by atoms with Crippen LogP contribution in [0.5, 0.6) is 0 Å². The van der Waals surface area contributed by atoms with E-state index in [0.29, 0.717) is 0 Å². The molecule has 0 radical (unpaired) electrons. The van der Waals surface area contributed by atoms with Gasteiger partial charge in [0.25, 0.3) is 0 Å². The Morgan fingerprint density at radius 1 is 1.12 bits per heavy atom. The van der Waals surface area contributed by atoms with Gasteiger partial charge in [0.2, 0.25) is 0 Å². The van der Waals surface area contributed by atoms with E-state index in [1.165, 1.54) is 0 Å². The van der Waals surface area contributed by atoms with Crippen molar-refractivity contribution in [1.29, 1.82) is 0 Å². The smallest absolute Gasteiger partial charge is 0.550 e. The molecule has 0 saturated carbocycles. The molecule has 0 aromatic rings. The van der Waals surface area contributed by atoms with Crippen LogP contribution < -0.4 is 10.2 Å². The molecule has 0 aromatic carbocycles. The van der Waals surface area contributed by atoms with E-state index in [-0.39, 0.29) is 36.1 Å². The minimum atomic E-state index is -1.24. The third-order valence-electron chi connectivity index (χ3n) is 0.884. The van der Waals surface area contributed by atoms with Gasteiger partial charge in [-0.05, 0) is 6.08 Å². The van der Waals surface area contributed by atoms with Gasteiger partial charge in [-0.25, -0.2) is 4.79 Å². The molecule has 0 bridgehead atoms. The number of carboxylic acid groups (broad SMARTS) is 2. The van der Waals surface area contributed by atoms with Crippen molar-refractivity contribution in [1.82, 2.24) is 0 Å². The second-order valence-electron chi connectivity index (χ2n) is 2.02. The van der Waals surface area contributed by atoms with Crippen molar-refractivity contribution in [3.8, 4) is 0 Å². The summed E-state index contributed by atoms with van der Waals surface area (Å²) in [5, 5.41) is 18.9. The number of carboxylic acids is 2. The Balaban J connectivity index is -0.000000242. The van der Waals surface area contributed by atoms with Gasteiger partial charge in [0.05, 0.1) is 12.6 Å². The van der Waals surface area contributed by atoms with Crippen LogP contribution in [0.1, 0.15) is 6.42 Å². The van der Waals surface area contributed by atoms with Crippen LogP contribution >= 0.6 is 0 Å². The predicted octanol–water partition coefficient (Wildman–Crippen LogP) is -2.60. The summed E-state index contributed by atoms with van der Waals surface area (Å²) in [5.41, 5.74) is 0. The minimum absolute atomic E-state index is 0. The fraction of sp³-hybridized carbons (Fsp3) is 0.222. The zero-order valence-electron chi connectivity index (χ0n) is 8.64. The van der Waals surface area contributed by atoms with Gasteiger partial charge in [0.15, 0.2) is 0 Å². The molecular weight excluding hydrogens is 228 g/mol. The van der Waals surface area contributed by atoms with E-state index >= 15 is 0 Å². The van der Waals surface area contributed by atoms with Gasteiger partial charge >= 0.3 is 29.0 Å². The Hall–Kier alpha value is -1.34. The van der Waals surface area contributed by atoms with E-state index in [1.54, 1.807) is 0 Å². The summed E-state index contributed by atoms with van der Waals surface area (Å²) in [4.78, 5) is 29.1. The van der Waals surface area contributed by atoms with Crippen molar-refractivity contribution in [2.45, 2.75) is 6.42 Å². The van der Waals surface area contributed by atoms with E-state index in [9.17, 15) is 14.7 Å². The van der Waals surface area contributed by atoms with Crippen LogP contribution in [0.25, 0.3) is 0 Å². The van der Waals surface area contributed by atoms with Crippen LogP contribution in [0.4, 0.5) is 0 Å². The van der Waals surface area contributed by atoms with Gasteiger partial charge < -0.3 is 24.5 Å². The predicted molar refractivity (Wildman–Crippen MR) is 51.7 cm³/mol. The summed E-state index contributed by atoms with van der Waals surface area (Å²) in [5.74, 6) is -3.09. The third-order valence-corrected chi connectivity index (χ3v) is 0.884. The summed E-state index contributed by atoms with van der Waals surface area (Å²) >= 11 is 0. The van der Waals surface area contributed by atoms with Crippen molar-refractivity contribution >= 4 is 41.0 Å². The maximum Gasteiger partial charge on any atom is 2.00 e. The Labute approximate surface area is 109 Å². The molecule has 16 heavy (non-hydrogen) atoms. The first kappa shape index (κ1) is 20.1. The first-order chi connectivity index (χ1) is 6.93. The first-order valence-electron chi connectivity index (χ1n) is 3.76. The van der Waals surface area contributed by atoms with Crippen molar-refractivity contribution in [3.05, 3.63) is 25.3 Å². The number of rotatable bonds is 5. The molecule has 0 spiro atoms. The number of esters is 1. The molecule has 84 valence electrons. The molecule has 0 amide bonds. The normalized spacial score (nSPS) is 7.25. The summed E-state index contributed by atoms with van der Waals surface area (Å²) in [6, 6.07) is 0. The Bertz CT molecular complexity index is 261. The summed E-state index contributed by atoms with van der Waals surface area (Å²) < 4.78 is 4.32. The average molecular weight is 238 g/mol. The fourth-order valence-electron chi connectivity index (χ4n) is 0.294. The summed E-state index contributed by atoms with van der Waals surface area (Å²) in [6.07, 6.45) is 1.41.